The molecule has 2 rings (SSSR count). The highest BCUT2D eigenvalue weighted by atomic mass is 32.1. The summed E-state index contributed by atoms with van der Waals surface area (Å²) in [6.45, 7) is 2.17. The van der Waals surface area contributed by atoms with Crippen LogP contribution in [0.1, 0.15) is 42.3 Å². The minimum Gasteiger partial charge on any atom is -0.266 e. The van der Waals surface area contributed by atoms with Crippen molar-refractivity contribution in [2.24, 2.45) is 11.0 Å². The molecule has 1 amide bonds. The van der Waals surface area contributed by atoms with E-state index in [1.165, 1.54) is 24.2 Å². The zero-order valence-electron chi connectivity index (χ0n) is 9.40. The van der Waals surface area contributed by atoms with Gasteiger partial charge in [-0.15, -0.1) is 11.3 Å². The van der Waals surface area contributed by atoms with E-state index in [-0.39, 0.29) is 5.91 Å². The van der Waals surface area contributed by atoms with Crippen LogP contribution in [0.5, 0.6) is 0 Å². The normalized spacial score (nSPS) is 22.6. The van der Waals surface area contributed by atoms with Gasteiger partial charge in [0.2, 0.25) is 0 Å². The Morgan fingerprint density at radius 1 is 1.69 bits per heavy atom. The maximum atomic E-state index is 11.6. The zero-order valence-corrected chi connectivity index (χ0v) is 10.2. The fourth-order valence-electron chi connectivity index (χ4n) is 2.07. The molecule has 16 heavy (non-hydrogen) atoms. The molecule has 1 unspecified atom stereocenters. The Balaban J connectivity index is 1.96. The average Bonchev–Trinajstić information content (AvgIpc) is 2.96. The van der Waals surface area contributed by atoms with Crippen LogP contribution < -0.4 is 5.43 Å². The Labute approximate surface area is 99.6 Å². The van der Waals surface area contributed by atoms with Crippen molar-refractivity contribution in [1.29, 1.82) is 0 Å². The van der Waals surface area contributed by atoms with Gasteiger partial charge in [0.15, 0.2) is 0 Å². The number of amides is 1. The van der Waals surface area contributed by atoms with Gasteiger partial charge in [-0.25, -0.2) is 5.43 Å². The minimum atomic E-state index is -0.0933. The van der Waals surface area contributed by atoms with E-state index in [0.717, 1.165) is 23.4 Å². The number of hydrogen-bond donors (Lipinski definition) is 1. The number of hydrazone groups is 1. The van der Waals surface area contributed by atoms with Gasteiger partial charge in [-0.1, -0.05) is 13.0 Å². The van der Waals surface area contributed by atoms with Crippen LogP contribution in [0.3, 0.4) is 0 Å². The molecule has 1 atom stereocenters. The van der Waals surface area contributed by atoms with Crippen molar-refractivity contribution in [2.75, 3.05) is 0 Å². The molecular weight excluding hydrogens is 220 g/mol. The fourth-order valence-corrected chi connectivity index (χ4v) is 2.69. The Kier molecular flexibility index (Phi) is 3.72. The molecule has 0 spiro atoms. The summed E-state index contributed by atoms with van der Waals surface area (Å²) in [6.07, 6.45) is 4.56. The maximum absolute atomic E-state index is 11.6. The van der Waals surface area contributed by atoms with Crippen molar-refractivity contribution in [3.63, 3.8) is 0 Å². The molecule has 1 saturated carbocycles. The first-order valence-corrected chi connectivity index (χ1v) is 6.59. The lowest BCUT2D eigenvalue weighted by Crippen LogP contribution is -2.20. The number of nitrogens with zero attached hydrogens (tertiary/aromatic N) is 1. The molecule has 1 aliphatic rings. The number of thiophene rings is 1. The summed E-state index contributed by atoms with van der Waals surface area (Å²) in [5.41, 5.74) is 3.81. The van der Waals surface area contributed by atoms with E-state index in [9.17, 15) is 4.79 Å². The summed E-state index contributed by atoms with van der Waals surface area (Å²) in [6, 6.07) is 3.68. The smallest absolute Gasteiger partial charge is 0.266 e. The van der Waals surface area contributed by atoms with Crippen molar-refractivity contribution < 1.29 is 4.79 Å². The van der Waals surface area contributed by atoms with Gasteiger partial charge in [0.25, 0.3) is 5.91 Å². The van der Waals surface area contributed by atoms with Gasteiger partial charge in [0, 0.05) is 5.71 Å². The topological polar surface area (TPSA) is 41.5 Å². The first kappa shape index (κ1) is 11.3. The van der Waals surface area contributed by atoms with Crippen LogP contribution in [0.2, 0.25) is 0 Å². The number of hydrogen-bond acceptors (Lipinski definition) is 3. The number of nitrogens with one attached hydrogen (secondary N) is 1. The summed E-state index contributed by atoms with van der Waals surface area (Å²) in [5, 5.41) is 6.15. The highest BCUT2D eigenvalue weighted by molar-refractivity contribution is 7.12. The Hall–Kier alpha value is -1.16. The summed E-state index contributed by atoms with van der Waals surface area (Å²) in [7, 11) is 0. The molecule has 3 nitrogen and oxygen atoms in total. The molecule has 0 aromatic carbocycles. The van der Waals surface area contributed by atoms with Gasteiger partial charge < -0.3 is 0 Å². The molecule has 0 radical (unpaired) electrons. The van der Waals surface area contributed by atoms with Gasteiger partial charge in [-0.3, -0.25) is 4.79 Å². The van der Waals surface area contributed by atoms with Crippen molar-refractivity contribution in [3.8, 4) is 0 Å². The van der Waals surface area contributed by atoms with Gasteiger partial charge in [-0.2, -0.15) is 5.10 Å². The van der Waals surface area contributed by atoms with E-state index < -0.39 is 0 Å². The molecule has 1 aromatic rings. The fraction of sp³-hybridized carbons (Fsp3) is 0.500. The summed E-state index contributed by atoms with van der Waals surface area (Å²) in [5.74, 6) is 0.480. The van der Waals surface area contributed by atoms with Gasteiger partial charge in [0.05, 0.1) is 4.88 Å². The van der Waals surface area contributed by atoms with Crippen LogP contribution in [-0.2, 0) is 0 Å². The average molecular weight is 236 g/mol. The highest BCUT2D eigenvalue weighted by Crippen LogP contribution is 2.24. The Bertz CT molecular complexity index is 384. The first-order valence-electron chi connectivity index (χ1n) is 5.71. The lowest BCUT2D eigenvalue weighted by molar-refractivity contribution is 0.0958. The highest BCUT2D eigenvalue weighted by Gasteiger charge is 2.21. The molecule has 4 heteroatoms. The van der Waals surface area contributed by atoms with Crippen molar-refractivity contribution in [2.45, 2.75) is 32.6 Å². The molecule has 0 saturated heterocycles. The molecule has 1 N–H and O–H groups in total. The van der Waals surface area contributed by atoms with Crippen LogP contribution in [0.25, 0.3) is 0 Å². The maximum Gasteiger partial charge on any atom is 0.281 e. The predicted octanol–water partition coefficient (Wildman–Crippen LogP) is 3.04. The number of carbonyl (C=O) groups is 1. The Morgan fingerprint density at radius 2 is 2.56 bits per heavy atom. The molecule has 86 valence electrons. The molecule has 1 aromatic heterocycles. The second kappa shape index (κ2) is 5.25. The minimum absolute atomic E-state index is 0.0933. The lowest BCUT2D eigenvalue weighted by atomic mass is 10.0. The molecule has 1 aliphatic carbocycles. The quantitative estimate of drug-likeness (QED) is 0.805. The van der Waals surface area contributed by atoms with Crippen molar-refractivity contribution in [1.82, 2.24) is 5.43 Å². The van der Waals surface area contributed by atoms with E-state index in [1.54, 1.807) is 0 Å². The van der Waals surface area contributed by atoms with Gasteiger partial charge in [0.1, 0.15) is 0 Å². The molecule has 1 fully saturated rings. The number of carbonyl (C=O) groups excluding carboxylic acids is 1. The molecular formula is C12H16N2OS. The first-order chi connectivity index (χ1) is 7.81. The SMILES string of the molecule is CCC1CCC/C1=N\NC(=O)c1cccs1. The van der Waals surface area contributed by atoms with Crippen molar-refractivity contribution >= 4 is 23.0 Å². The second-order valence-electron chi connectivity index (χ2n) is 4.02. The molecule has 0 aliphatic heterocycles. The van der Waals surface area contributed by atoms with Gasteiger partial charge >= 0.3 is 0 Å². The van der Waals surface area contributed by atoms with E-state index in [2.05, 4.69) is 17.5 Å². The van der Waals surface area contributed by atoms with E-state index in [1.807, 2.05) is 17.5 Å². The standard InChI is InChI=1S/C12H16N2OS/c1-2-9-5-3-6-10(9)13-14-12(15)11-7-4-8-16-11/h4,7-9H,2-3,5-6H2,1H3,(H,14,15)/b13-10+. The Morgan fingerprint density at radius 3 is 3.25 bits per heavy atom. The van der Waals surface area contributed by atoms with Gasteiger partial charge in [-0.05, 0) is 43.0 Å². The van der Waals surface area contributed by atoms with E-state index in [0.29, 0.717) is 5.92 Å². The van der Waals surface area contributed by atoms with E-state index >= 15 is 0 Å². The second-order valence-corrected chi connectivity index (χ2v) is 4.97. The lowest BCUT2D eigenvalue weighted by Gasteiger charge is -2.06. The van der Waals surface area contributed by atoms with Crippen LogP contribution in [0, 0.1) is 5.92 Å². The zero-order chi connectivity index (χ0) is 11.4. The predicted molar refractivity (Wildman–Crippen MR) is 66.9 cm³/mol. The van der Waals surface area contributed by atoms with Crippen LogP contribution in [-0.4, -0.2) is 11.6 Å². The molecule has 1 heterocycles. The summed E-state index contributed by atoms with van der Waals surface area (Å²) < 4.78 is 0. The monoisotopic (exact) mass is 236 g/mol. The largest absolute Gasteiger partial charge is 0.281 e. The third-order valence-electron chi connectivity index (χ3n) is 3.00. The third-order valence-corrected chi connectivity index (χ3v) is 3.86. The summed E-state index contributed by atoms with van der Waals surface area (Å²) in [4.78, 5) is 12.4. The summed E-state index contributed by atoms with van der Waals surface area (Å²) >= 11 is 1.44. The van der Waals surface area contributed by atoms with Crippen LogP contribution >= 0.6 is 11.3 Å². The van der Waals surface area contributed by atoms with Crippen molar-refractivity contribution in [3.05, 3.63) is 22.4 Å². The third kappa shape index (κ3) is 2.50. The van der Waals surface area contributed by atoms with Crippen LogP contribution in [0.4, 0.5) is 0 Å². The number of rotatable bonds is 3. The van der Waals surface area contributed by atoms with Crippen LogP contribution in [0.15, 0.2) is 22.6 Å². The van der Waals surface area contributed by atoms with E-state index in [4.69, 9.17) is 0 Å². The molecule has 0 bridgehead atoms.